The highest BCUT2D eigenvalue weighted by molar-refractivity contribution is 7.89. The minimum atomic E-state index is -3.85. The first kappa shape index (κ1) is 20.4. The number of nitrogens with zero attached hydrogens (tertiary/aromatic N) is 1. The molecule has 7 nitrogen and oxygen atoms in total. The van der Waals surface area contributed by atoms with Gasteiger partial charge in [0.2, 0.25) is 15.9 Å². The van der Waals surface area contributed by atoms with Gasteiger partial charge in [-0.05, 0) is 43.3 Å². The van der Waals surface area contributed by atoms with Gasteiger partial charge in [-0.3, -0.25) is 4.79 Å². The first-order chi connectivity index (χ1) is 12.3. The molecule has 9 heteroatoms. The van der Waals surface area contributed by atoms with Crippen LogP contribution < -0.4 is 4.72 Å². The van der Waals surface area contributed by atoms with E-state index in [0.29, 0.717) is 23.9 Å². The second-order valence-electron chi connectivity index (χ2n) is 5.63. The van der Waals surface area contributed by atoms with Crippen LogP contribution in [-0.4, -0.2) is 45.5 Å². The van der Waals surface area contributed by atoms with Gasteiger partial charge in [0, 0.05) is 18.7 Å². The number of ether oxygens (including phenoxy) is 1. The molecule has 0 aliphatic carbocycles. The molecular weight excluding hydrogens is 380 g/mol. The maximum Gasteiger partial charge on any atom is 0.241 e. The molecule has 1 aromatic carbocycles. The molecule has 0 bridgehead atoms. The zero-order chi connectivity index (χ0) is 19.2. The molecular formula is C17H21ClN2O5S. The Hall–Kier alpha value is -1.87. The molecule has 2 rings (SSSR count). The fraction of sp³-hybridized carbons (Fsp3) is 0.353. The normalized spacial score (nSPS) is 12.7. The maximum atomic E-state index is 12.7. The molecule has 0 aliphatic rings. The van der Waals surface area contributed by atoms with Crippen LogP contribution in [0.25, 0.3) is 0 Å². The zero-order valence-electron chi connectivity index (χ0n) is 14.5. The van der Waals surface area contributed by atoms with E-state index in [2.05, 4.69) is 4.72 Å². The third-order valence-electron chi connectivity index (χ3n) is 3.63. The number of hydrogen-bond donors (Lipinski definition) is 1. The van der Waals surface area contributed by atoms with Crippen LogP contribution in [0.1, 0.15) is 12.7 Å². The summed E-state index contributed by atoms with van der Waals surface area (Å²) in [6.45, 7) is 2.35. The van der Waals surface area contributed by atoms with Crippen molar-refractivity contribution in [2.75, 3.05) is 20.3 Å². The molecule has 26 heavy (non-hydrogen) atoms. The number of carbonyl (C=O) groups excluding carboxylic acids is 1. The molecule has 1 heterocycles. The van der Waals surface area contributed by atoms with E-state index in [1.54, 1.807) is 12.1 Å². The quantitative estimate of drug-likeness (QED) is 0.697. The van der Waals surface area contributed by atoms with Gasteiger partial charge in [-0.25, -0.2) is 8.42 Å². The minimum Gasteiger partial charge on any atom is -0.467 e. The second kappa shape index (κ2) is 9.18. The Kier molecular flexibility index (Phi) is 7.22. The second-order valence-corrected chi connectivity index (χ2v) is 7.78. The first-order valence-electron chi connectivity index (χ1n) is 7.91. The Labute approximate surface area is 157 Å². The Morgan fingerprint density at radius 2 is 2.00 bits per heavy atom. The number of halogens is 1. The van der Waals surface area contributed by atoms with Crippen molar-refractivity contribution in [2.24, 2.45) is 0 Å². The summed E-state index contributed by atoms with van der Waals surface area (Å²) in [6, 6.07) is 8.23. The Morgan fingerprint density at radius 1 is 1.31 bits per heavy atom. The number of nitrogens with one attached hydrogen (secondary N) is 1. The van der Waals surface area contributed by atoms with Gasteiger partial charge in [-0.2, -0.15) is 4.72 Å². The highest BCUT2D eigenvalue weighted by Crippen LogP contribution is 2.15. The van der Waals surface area contributed by atoms with Gasteiger partial charge in [0.1, 0.15) is 5.76 Å². The van der Waals surface area contributed by atoms with Crippen molar-refractivity contribution in [3.05, 3.63) is 53.4 Å². The van der Waals surface area contributed by atoms with Gasteiger partial charge in [-0.15, -0.1) is 0 Å². The number of rotatable bonds is 9. The zero-order valence-corrected chi connectivity index (χ0v) is 16.1. The molecule has 0 saturated heterocycles. The van der Waals surface area contributed by atoms with E-state index >= 15 is 0 Å². The summed E-state index contributed by atoms with van der Waals surface area (Å²) in [5.41, 5.74) is 0. The Balaban J connectivity index is 2.10. The molecule has 142 valence electrons. The van der Waals surface area contributed by atoms with Gasteiger partial charge in [0.25, 0.3) is 0 Å². The largest absolute Gasteiger partial charge is 0.467 e. The van der Waals surface area contributed by atoms with Crippen LogP contribution in [0.5, 0.6) is 0 Å². The Morgan fingerprint density at radius 3 is 2.58 bits per heavy atom. The van der Waals surface area contributed by atoms with E-state index in [9.17, 15) is 13.2 Å². The maximum absolute atomic E-state index is 12.7. The number of hydrogen-bond acceptors (Lipinski definition) is 5. The highest BCUT2D eigenvalue weighted by atomic mass is 35.5. The van der Waals surface area contributed by atoms with E-state index < -0.39 is 16.1 Å². The molecule has 0 radical (unpaired) electrons. The average Bonchev–Trinajstić information content (AvgIpc) is 3.11. The molecule has 2 aromatic rings. The number of furan rings is 1. The lowest BCUT2D eigenvalue weighted by atomic mass is 10.3. The highest BCUT2D eigenvalue weighted by Gasteiger charge is 2.26. The Bertz CT molecular complexity index is 806. The molecule has 0 saturated carbocycles. The first-order valence-corrected chi connectivity index (χ1v) is 9.77. The molecule has 0 spiro atoms. The SMILES string of the molecule is COCCN(Cc1ccco1)C(=O)[C@H](C)NS(=O)(=O)c1ccc(Cl)cc1. The standard InChI is InChI=1S/C17H21ClN2O5S/c1-13(19-26(22,23)16-7-5-14(18)6-8-16)17(21)20(9-11-24-2)12-15-4-3-10-25-15/h3-8,10,13,19H,9,11-12H2,1-2H3/t13-/m0/s1. The number of benzene rings is 1. The van der Waals surface area contributed by atoms with Crippen molar-refractivity contribution in [1.29, 1.82) is 0 Å². The molecule has 0 fully saturated rings. The van der Waals surface area contributed by atoms with Crippen molar-refractivity contribution in [3.63, 3.8) is 0 Å². The van der Waals surface area contributed by atoms with Gasteiger partial charge in [0.15, 0.2) is 0 Å². The monoisotopic (exact) mass is 400 g/mol. The summed E-state index contributed by atoms with van der Waals surface area (Å²) in [5, 5.41) is 0.428. The van der Waals surface area contributed by atoms with Crippen molar-refractivity contribution in [3.8, 4) is 0 Å². The third kappa shape index (κ3) is 5.57. The van der Waals surface area contributed by atoms with Gasteiger partial charge in [-0.1, -0.05) is 11.6 Å². The van der Waals surface area contributed by atoms with E-state index in [-0.39, 0.29) is 17.3 Å². The minimum absolute atomic E-state index is 0.0380. The van der Waals surface area contributed by atoms with Crippen LogP contribution in [0, 0.1) is 0 Å². The summed E-state index contributed by atoms with van der Waals surface area (Å²) >= 11 is 5.78. The summed E-state index contributed by atoms with van der Waals surface area (Å²) in [6.07, 6.45) is 1.51. The van der Waals surface area contributed by atoms with Crippen LogP contribution >= 0.6 is 11.6 Å². The van der Waals surface area contributed by atoms with Crippen molar-refractivity contribution in [1.82, 2.24) is 9.62 Å². The molecule has 1 amide bonds. The summed E-state index contributed by atoms with van der Waals surface area (Å²) in [5.74, 6) is 0.221. The van der Waals surface area contributed by atoms with Crippen LogP contribution in [0.2, 0.25) is 5.02 Å². The molecule has 1 N–H and O–H groups in total. The van der Waals surface area contributed by atoms with Crippen LogP contribution in [0.4, 0.5) is 0 Å². The van der Waals surface area contributed by atoms with Crippen molar-refractivity contribution in [2.45, 2.75) is 24.4 Å². The molecule has 1 aromatic heterocycles. The predicted octanol–water partition coefficient (Wildman–Crippen LogP) is 2.28. The summed E-state index contributed by atoms with van der Waals surface area (Å²) in [4.78, 5) is 14.2. The molecule has 1 atom stereocenters. The van der Waals surface area contributed by atoms with Crippen LogP contribution in [0.15, 0.2) is 52.0 Å². The van der Waals surface area contributed by atoms with E-state index in [1.165, 1.54) is 49.5 Å². The third-order valence-corrected chi connectivity index (χ3v) is 5.44. The average molecular weight is 401 g/mol. The molecule has 0 unspecified atom stereocenters. The predicted molar refractivity (Wildman–Crippen MR) is 97.2 cm³/mol. The summed E-state index contributed by atoms with van der Waals surface area (Å²) in [7, 11) is -2.32. The van der Waals surface area contributed by atoms with E-state index in [0.717, 1.165) is 0 Å². The lowest BCUT2D eigenvalue weighted by Gasteiger charge is -2.25. The fourth-order valence-electron chi connectivity index (χ4n) is 2.30. The van der Waals surface area contributed by atoms with Gasteiger partial charge >= 0.3 is 0 Å². The van der Waals surface area contributed by atoms with Crippen LogP contribution in [0.3, 0.4) is 0 Å². The fourth-order valence-corrected chi connectivity index (χ4v) is 3.62. The van der Waals surface area contributed by atoms with Crippen molar-refractivity contribution < 1.29 is 22.4 Å². The van der Waals surface area contributed by atoms with E-state index in [4.69, 9.17) is 20.8 Å². The van der Waals surface area contributed by atoms with Gasteiger partial charge in [0.05, 0.1) is 30.4 Å². The number of amides is 1. The number of sulfonamides is 1. The lowest BCUT2D eigenvalue weighted by Crippen LogP contribution is -2.47. The van der Waals surface area contributed by atoms with Crippen LogP contribution in [-0.2, 0) is 26.1 Å². The number of methoxy groups -OCH3 is 1. The smallest absolute Gasteiger partial charge is 0.241 e. The number of carbonyl (C=O) groups is 1. The molecule has 0 aliphatic heterocycles. The van der Waals surface area contributed by atoms with Crippen molar-refractivity contribution >= 4 is 27.5 Å². The lowest BCUT2D eigenvalue weighted by molar-refractivity contribution is -0.134. The summed E-state index contributed by atoms with van der Waals surface area (Å²) < 4.78 is 37.6. The van der Waals surface area contributed by atoms with Gasteiger partial charge < -0.3 is 14.1 Å². The topological polar surface area (TPSA) is 88.8 Å². The van der Waals surface area contributed by atoms with E-state index in [1.807, 2.05) is 0 Å².